The van der Waals surface area contributed by atoms with E-state index in [2.05, 4.69) is 10.4 Å². The van der Waals surface area contributed by atoms with Gasteiger partial charge in [-0.3, -0.25) is 9.69 Å². The van der Waals surface area contributed by atoms with Crippen LogP contribution in [0.4, 0.5) is 13.6 Å². The molecule has 28 heavy (non-hydrogen) atoms. The monoisotopic (exact) mass is 382 g/mol. The first-order valence-corrected chi connectivity index (χ1v) is 8.57. The van der Waals surface area contributed by atoms with Crippen molar-refractivity contribution in [2.45, 2.75) is 19.0 Å². The first kappa shape index (κ1) is 17.8. The molecule has 3 amide bonds. The van der Waals surface area contributed by atoms with Crippen molar-refractivity contribution in [3.8, 4) is 5.69 Å². The van der Waals surface area contributed by atoms with Crippen LogP contribution >= 0.6 is 0 Å². The third-order valence-electron chi connectivity index (χ3n) is 4.79. The van der Waals surface area contributed by atoms with Gasteiger partial charge in [0.05, 0.1) is 12.2 Å². The molecule has 0 unspecified atom stereocenters. The predicted molar refractivity (Wildman–Crippen MR) is 96.4 cm³/mol. The van der Waals surface area contributed by atoms with E-state index in [-0.39, 0.29) is 12.1 Å². The van der Waals surface area contributed by atoms with E-state index < -0.39 is 29.1 Å². The normalized spacial score (nSPS) is 19.2. The second kappa shape index (κ2) is 6.56. The van der Waals surface area contributed by atoms with Gasteiger partial charge in [0.2, 0.25) is 0 Å². The average molecular weight is 382 g/mol. The van der Waals surface area contributed by atoms with Gasteiger partial charge in [0, 0.05) is 18.0 Å². The van der Waals surface area contributed by atoms with Gasteiger partial charge in [0.15, 0.2) is 0 Å². The molecule has 142 valence electrons. The van der Waals surface area contributed by atoms with E-state index in [1.165, 1.54) is 6.92 Å². The Hall–Kier alpha value is -3.55. The molecule has 2 aromatic carbocycles. The van der Waals surface area contributed by atoms with Gasteiger partial charge in [-0.2, -0.15) is 5.10 Å². The van der Waals surface area contributed by atoms with E-state index in [4.69, 9.17) is 0 Å². The number of carbonyl (C=O) groups excluding carboxylic acids is 2. The molecule has 6 nitrogen and oxygen atoms in total. The van der Waals surface area contributed by atoms with Gasteiger partial charge in [0.1, 0.15) is 17.2 Å². The summed E-state index contributed by atoms with van der Waals surface area (Å²) in [6.45, 7) is 1.38. The number of imide groups is 1. The van der Waals surface area contributed by atoms with Crippen molar-refractivity contribution < 1.29 is 18.4 Å². The second-order valence-corrected chi connectivity index (χ2v) is 6.69. The van der Waals surface area contributed by atoms with Crippen molar-refractivity contribution in [2.24, 2.45) is 0 Å². The zero-order valence-corrected chi connectivity index (χ0v) is 14.9. The maximum atomic E-state index is 14.2. The van der Waals surface area contributed by atoms with Gasteiger partial charge >= 0.3 is 6.03 Å². The van der Waals surface area contributed by atoms with Crippen molar-refractivity contribution in [1.82, 2.24) is 20.0 Å². The van der Waals surface area contributed by atoms with Crippen LogP contribution in [0.15, 0.2) is 60.9 Å². The molecule has 1 aliphatic rings. The van der Waals surface area contributed by atoms with E-state index in [1.807, 2.05) is 12.1 Å². The van der Waals surface area contributed by atoms with Crippen LogP contribution in [0.5, 0.6) is 0 Å². The number of benzene rings is 2. The fourth-order valence-corrected chi connectivity index (χ4v) is 3.26. The highest BCUT2D eigenvalue weighted by Gasteiger charge is 2.50. The molecule has 1 aliphatic heterocycles. The maximum absolute atomic E-state index is 14.2. The van der Waals surface area contributed by atoms with Crippen LogP contribution in [0.3, 0.4) is 0 Å². The van der Waals surface area contributed by atoms with Crippen molar-refractivity contribution in [2.75, 3.05) is 0 Å². The molecule has 4 rings (SSSR count). The molecule has 2 heterocycles. The Balaban J connectivity index is 1.58. The zero-order valence-electron chi connectivity index (χ0n) is 14.9. The van der Waals surface area contributed by atoms with E-state index in [9.17, 15) is 18.4 Å². The zero-order chi connectivity index (χ0) is 19.9. The molecular weight excluding hydrogens is 366 g/mol. The number of amides is 3. The number of rotatable bonds is 4. The Morgan fingerprint density at radius 1 is 1.11 bits per heavy atom. The molecule has 0 saturated carbocycles. The van der Waals surface area contributed by atoms with Gasteiger partial charge in [-0.15, -0.1) is 0 Å². The summed E-state index contributed by atoms with van der Waals surface area (Å²) in [5.41, 5.74) is -0.332. The Bertz CT molecular complexity index is 1050. The standard InChI is InChI=1S/C20H16F2N4O2/c1-20(16-11-14(21)5-8-17(16)22)18(27)25(19(28)24-20)12-13-3-6-15(7-4-13)26-10-2-9-23-26/h2-11H,12H2,1H3,(H,24,28)/t20-/m1/s1. The smallest absolute Gasteiger partial charge is 0.319 e. The quantitative estimate of drug-likeness (QED) is 0.705. The molecular formula is C20H16F2N4O2. The minimum Gasteiger partial charge on any atom is -0.319 e. The van der Waals surface area contributed by atoms with Gasteiger partial charge in [-0.1, -0.05) is 12.1 Å². The number of urea groups is 1. The van der Waals surface area contributed by atoms with Crippen molar-refractivity contribution in [3.05, 3.63) is 83.7 Å². The van der Waals surface area contributed by atoms with Crippen molar-refractivity contribution in [3.63, 3.8) is 0 Å². The Kier molecular flexibility index (Phi) is 4.18. The SMILES string of the molecule is C[C@]1(c2cc(F)ccc2F)NC(=O)N(Cc2ccc(-n3cccn3)cc2)C1=O. The summed E-state index contributed by atoms with van der Waals surface area (Å²) < 4.78 is 29.5. The second-order valence-electron chi connectivity index (χ2n) is 6.69. The number of hydrogen-bond acceptors (Lipinski definition) is 3. The largest absolute Gasteiger partial charge is 0.325 e. The summed E-state index contributed by atoms with van der Waals surface area (Å²) in [7, 11) is 0. The third kappa shape index (κ3) is 2.92. The highest BCUT2D eigenvalue weighted by molar-refractivity contribution is 6.07. The number of hydrogen-bond donors (Lipinski definition) is 1. The highest BCUT2D eigenvalue weighted by atomic mass is 19.1. The molecule has 0 spiro atoms. The lowest BCUT2D eigenvalue weighted by Crippen LogP contribution is -2.41. The molecule has 0 radical (unpaired) electrons. The van der Waals surface area contributed by atoms with Gasteiger partial charge in [-0.25, -0.2) is 18.3 Å². The molecule has 0 aliphatic carbocycles. The molecule has 1 fully saturated rings. The fraction of sp³-hybridized carbons (Fsp3) is 0.150. The minimum absolute atomic E-state index is 0.0105. The van der Waals surface area contributed by atoms with Crippen LogP contribution < -0.4 is 5.32 Å². The number of aromatic nitrogens is 2. The first-order chi connectivity index (χ1) is 13.4. The minimum atomic E-state index is -1.67. The summed E-state index contributed by atoms with van der Waals surface area (Å²) in [4.78, 5) is 26.3. The molecule has 8 heteroatoms. The van der Waals surface area contributed by atoms with Gasteiger partial charge in [0.25, 0.3) is 5.91 Å². The Labute approximate surface area is 159 Å². The Morgan fingerprint density at radius 2 is 1.86 bits per heavy atom. The van der Waals surface area contributed by atoms with E-state index in [0.717, 1.165) is 28.8 Å². The molecule has 0 bridgehead atoms. The van der Waals surface area contributed by atoms with Crippen LogP contribution in [0, 0.1) is 11.6 Å². The van der Waals surface area contributed by atoms with Gasteiger partial charge in [-0.05, 0) is 48.9 Å². The summed E-state index contributed by atoms with van der Waals surface area (Å²) in [6, 6.07) is 11.1. The highest BCUT2D eigenvalue weighted by Crippen LogP contribution is 2.32. The fourth-order valence-electron chi connectivity index (χ4n) is 3.26. The number of halogens is 2. The van der Waals surface area contributed by atoms with Crippen molar-refractivity contribution >= 4 is 11.9 Å². The van der Waals surface area contributed by atoms with Crippen molar-refractivity contribution in [1.29, 1.82) is 0 Å². The van der Waals surface area contributed by atoms with E-state index in [0.29, 0.717) is 5.56 Å². The number of carbonyl (C=O) groups is 2. The molecule has 1 atom stereocenters. The lowest BCUT2D eigenvalue weighted by Gasteiger charge is -2.23. The van der Waals surface area contributed by atoms with E-state index in [1.54, 1.807) is 35.3 Å². The third-order valence-corrected chi connectivity index (χ3v) is 4.79. The van der Waals surface area contributed by atoms with Gasteiger partial charge < -0.3 is 5.32 Å². The summed E-state index contributed by atoms with van der Waals surface area (Å²) in [5.74, 6) is -2.09. The summed E-state index contributed by atoms with van der Waals surface area (Å²) in [6.07, 6.45) is 3.46. The van der Waals surface area contributed by atoms with Crippen LogP contribution in [-0.4, -0.2) is 26.6 Å². The first-order valence-electron chi connectivity index (χ1n) is 8.57. The van der Waals surface area contributed by atoms with Crippen LogP contribution in [0.1, 0.15) is 18.1 Å². The van der Waals surface area contributed by atoms with Crippen LogP contribution in [0.25, 0.3) is 5.69 Å². The molecule has 1 saturated heterocycles. The Morgan fingerprint density at radius 3 is 2.54 bits per heavy atom. The summed E-state index contributed by atoms with van der Waals surface area (Å²) in [5, 5.41) is 6.62. The number of nitrogens with zero attached hydrogens (tertiary/aromatic N) is 3. The number of nitrogens with one attached hydrogen (secondary N) is 1. The molecule has 1 N–H and O–H groups in total. The maximum Gasteiger partial charge on any atom is 0.325 e. The van der Waals surface area contributed by atoms with Crippen LogP contribution in [0.2, 0.25) is 0 Å². The summed E-state index contributed by atoms with van der Waals surface area (Å²) >= 11 is 0. The molecule has 3 aromatic rings. The lowest BCUT2D eigenvalue weighted by molar-refractivity contribution is -0.131. The predicted octanol–water partition coefficient (Wildman–Crippen LogP) is 3.12. The van der Waals surface area contributed by atoms with E-state index >= 15 is 0 Å². The topological polar surface area (TPSA) is 67.2 Å². The van der Waals surface area contributed by atoms with Crippen LogP contribution in [-0.2, 0) is 16.9 Å². The molecule has 1 aromatic heterocycles. The average Bonchev–Trinajstić information content (AvgIpc) is 3.28. The lowest BCUT2D eigenvalue weighted by atomic mass is 9.91.